The Bertz CT molecular complexity index is 218. The summed E-state index contributed by atoms with van der Waals surface area (Å²) < 4.78 is 0. The average Bonchev–Trinajstić information content (AvgIpc) is 2.26. The predicted octanol–water partition coefficient (Wildman–Crippen LogP) is -0.916. The van der Waals surface area contributed by atoms with Gasteiger partial charge >= 0.3 is 0 Å². The van der Waals surface area contributed by atoms with Crippen LogP contribution in [0.5, 0.6) is 0 Å². The minimum absolute atomic E-state index is 0.129. The van der Waals surface area contributed by atoms with Crippen molar-refractivity contribution in [2.75, 3.05) is 13.1 Å². The number of carbonyl (C=O) groups is 2. The van der Waals surface area contributed by atoms with Gasteiger partial charge in [0.2, 0.25) is 11.8 Å². The lowest BCUT2D eigenvalue weighted by Crippen LogP contribution is -2.39. The van der Waals surface area contributed by atoms with Crippen LogP contribution in [0, 0.1) is 0 Å². The van der Waals surface area contributed by atoms with E-state index in [-0.39, 0.29) is 11.8 Å². The molecule has 0 unspecified atom stereocenters. The van der Waals surface area contributed by atoms with Crippen molar-refractivity contribution >= 4 is 11.8 Å². The summed E-state index contributed by atoms with van der Waals surface area (Å²) in [7, 11) is 0. The summed E-state index contributed by atoms with van der Waals surface area (Å²) in [4.78, 5) is 22.2. The van der Waals surface area contributed by atoms with Crippen molar-refractivity contribution in [2.24, 2.45) is 11.5 Å². The quantitative estimate of drug-likeness (QED) is 0.414. The van der Waals surface area contributed by atoms with Crippen LogP contribution in [0.2, 0.25) is 0 Å². The van der Waals surface area contributed by atoms with E-state index in [2.05, 4.69) is 10.6 Å². The standard InChI is InChI=1S/C11H24N4O2/c1-8(12)10(16)14-6-4-3-5-7-15-11(17)9(2)13/h8-9H,3-7,12-13H2,1-2H3,(H,14,16)(H,15,17)/t8-,9-/m0/s1. The molecule has 0 aliphatic carbocycles. The number of hydrogen-bond donors (Lipinski definition) is 4. The number of rotatable bonds is 8. The van der Waals surface area contributed by atoms with Gasteiger partial charge in [-0.25, -0.2) is 0 Å². The van der Waals surface area contributed by atoms with Gasteiger partial charge in [0.1, 0.15) is 0 Å². The monoisotopic (exact) mass is 244 g/mol. The number of nitrogens with one attached hydrogen (secondary N) is 2. The van der Waals surface area contributed by atoms with Gasteiger partial charge in [0.15, 0.2) is 0 Å². The molecule has 0 saturated carbocycles. The molecule has 0 aromatic rings. The Morgan fingerprint density at radius 3 is 1.53 bits per heavy atom. The lowest BCUT2D eigenvalue weighted by atomic mass is 10.2. The van der Waals surface area contributed by atoms with Crippen molar-refractivity contribution in [2.45, 2.75) is 45.2 Å². The average molecular weight is 244 g/mol. The van der Waals surface area contributed by atoms with Crippen molar-refractivity contribution in [1.82, 2.24) is 10.6 Å². The number of carbonyl (C=O) groups excluding carboxylic acids is 2. The molecule has 0 saturated heterocycles. The number of hydrogen-bond acceptors (Lipinski definition) is 4. The third-order valence-electron chi connectivity index (χ3n) is 2.28. The highest BCUT2D eigenvalue weighted by molar-refractivity contribution is 5.81. The topological polar surface area (TPSA) is 110 Å². The normalized spacial score (nSPS) is 13.9. The first-order valence-corrected chi connectivity index (χ1v) is 6.01. The van der Waals surface area contributed by atoms with E-state index in [0.717, 1.165) is 19.3 Å². The van der Waals surface area contributed by atoms with Crippen LogP contribution in [-0.4, -0.2) is 37.0 Å². The molecule has 6 heteroatoms. The molecular formula is C11H24N4O2. The van der Waals surface area contributed by atoms with Crippen LogP contribution in [0.15, 0.2) is 0 Å². The molecule has 0 aromatic heterocycles. The van der Waals surface area contributed by atoms with Crippen LogP contribution < -0.4 is 22.1 Å². The maximum atomic E-state index is 11.1. The van der Waals surface area contributed by atoms with E-state index in [1.54, 1.807) is 13.8 Å². The first-order valence-electron chi connectivity index (χ1n) is 6.01. The molecular weight excluding hydrogens is 220 g/mol. The molecule has 0 fully saturated rings. The minimum Gasteiger partial charge on any atom is -0.355 e. The SMILES string of the molecule is C[C@H](N)C(=O)NCCCCCNC(=O)[C@H](C)N. The Hall–Kier alpha value is -1.14. The van der Waals surface area contributed by atoms with Crippen molar-refractivity contribution in [1.29, 1.82) is 0 Å². The van der Waals surface area contributed by atoms with Gasteiger partial charge in [-0.2, -0.15) is 0 Å². The third kappa shape index (κ3) is 8.65. The Morgan fingerprint density at radius 1 is 0.882 bits per heavy atom. The molecule has 0 aromatic carbocycles. The highest BCUT2D eigenvalue weighted by Gasteiger charge is 2.06. The summed E-state index contributed by atoms with van der Waals surface area (Å²) in [5.41, 5.74) is 10.8. The van der Waals surface area contributed by atoms with Crippen LogP contribution in [0.4, 0.5) is 0 Å². The minimum atomic E-state index is -0.458. The highest BCUT2D eigenvalue weighted by atomic mass is 16.2. The van der Waals surface area contributed by atoms with E-state index < -0.39 is 12.1 Å². The zero-order chi connectivity index (χ0) is 13.3. The fourth-order valence-corrected chi connectivity index (χ4v) is 1.17. The van der Waals surface area contributed by atoms with Crippen molar-refractivity contribution in [3.8, 4) is 0 Å². The second kappa shape index (κ2) is 8.95. The van der Waals surface area contributed by atoms with E-state index in [1.807, 2.05) is 0 Å². The molecule has 0 heterocycles. The van der Waals surface area contributed by atoms with Gasteiger partial charge < -0.3 is 22.1 Å². The molecule has 6 nitrogen and oxygen atoms in total. The van der Waals surface area contributed by atoms with Gasteiger partial charge in [0.05, 0.1) is 12.1 Å². The number of unbranched alkanes of at least 4 members (excludes halogenated alkanes) is 2. The highest BCUT2D eigenvalue weighted by Crippen LogP contribution is 1.93. The second-order valence-corrected chi connectivity index (χ2v) is 4.22. The molecule has 17 heavy (non-hydrogen) atoms. The molecule has 0 aliphatic rings. The van der Waals surface area contributed by atoms with E-state index in [0.29, 0.717) is 13.1 Å². The molecule has 2 atom stereocenters. The first kappa shape index (κ1) is 15.9. The van der Waals surface area contributed by atoms with Crippen LogP contribution in [-0.2, 0) is 9.59 Å². The Balaban J connectivity index is 3.30. The van der Waals surface area contributed by atoms with E-state index in [4.69, 9.17) is 11.5 Å². The molecule has 0 spiro atoms. The van der Waals surface area contributed by atoms with Gasteiger partial charge in [-0.05, 0) is 33.1 Å². The lowest BCUT2D eigenvalue weighted by Gasteiger charge is -2.08. The van der Waals surface area contributed by atoms with Gasteiger partial charge in [-0.15, -0.1) is 0 Å². The summed E-state index contributed by atoms with van der Waals surface area (Å²) in [6.45, 7) is 4.56. The molecule has 0 bridgehead atoms. The summed E-state index contributed by atoms with van der Waals surface area (Å²) >= 11 is 0. The van der Waals surface area contributed by atoms with Gasteiger partial charge in [-0.3, -0.25) is 9.59 Å². The van der Waals surface area contributed by atoms with Crippen molar-refractivity contribution in [3.05, 3.63) is 0 Å². The third-order valence-corrected chi connectivity index (χ3v) is 2.28. The van der Waals surface area contributed by atoms with Crippen LogP contribution in [0.1, 0.15) is 33.1 Å². The zero-order valence-electron chi connectivity index (χ0n) is 10.7. The molecule has 0 aliphatic heterocycles. The summed E-state index contributed by atoms with van der Waals surface area (Å²) in [5.74, 6) is -0.259. The first-order chi connectivity index (χ1) is 7.95. The second-order valence-electron chi connectivity index (χ2n) is 4.22. The fourth-order valence-electron chi connectivity index (χ4n) is 1.17. The molecule has 6 N–H and O–H groups in total. The summed E-state index contributed by atoms with van der Waals surface area (Å²) in [6.07, 6.45) is 2.71. The molecule has 0 radical (unpaired) electrons. The maximum absolute atomic E-state index is 11.1. The Morgan fingerprint density at radius 2 is 1.24 bits per heavy atom. The summed E-state index contributed by atoms with van der Waals surface area (Å²) in [6, 6.07) is -0.916. The molecule has 2 amide bonds. The van der Waals surface area contributed by atoms with Crippen molar-refractivity contribution in [3.63, 3.8) is 0 Å². The van der Waals surface area contributed by atoms with E-state index in [1.165, 1.54) is 0 Å². The lowest BCUT2D eigenvalue weighted by molar-refractivity contribution is -0.122. The molecule has 0 rings (SSSR count). The van der Waals surface area contributed by atoms with Crippen LogP contribution in [0.25, 0.3) is 0 Å². The smallest absolute Gasteiger partial charge is 0.236 e. The van der Waals surface area contributed by atoms with E-state index in [9.17, 15) is 9.59 Å². The number of nitrogens with two attached hydrogens (primary N) is 2. The van der Waals surface area contributed by atoms with Gasteiger partial charge in [0.25, 0.3) is 0 Å². The summed E-state index contributed by atoms with van der Waals surface area (Å²) in [5, 5.41) is 5.46. The largest absolute Gasteiger partial charge is 0.355 e. The number of amides is 2. The zero-order valence-corrected chi connectivity index (χ0v) is 10.7. The Labute approximate surface area is 102 Å². The maximum Gasteiger partial charge on any atom is 0.236 e. The van der Waals surface area contributed by atoms with Gasteiger partial charge in [0, 0.05) is 13.1 Å². The fraction of sp³-hybridized carbons (Fsp3) is 0.818. The Kier molecular flexibility index (Phi) is 8.35. The van der Waals surface area contributed by atoms with Gasteiger partial charge in [-0.1, -0.05) is 0 Å². The van der Waals surface area contributed by atoms with E-state index >= 15 is 0 Å². The molecule has 100 valence electrons. The predicted molar refractivity (Wildman–Crippen MR) is 67.2 cm³/mol. The van der Waals surface area contributed by atoms with Crippen molar-refractivity contribution < 1.29 is 9.59 Å². The van der Waals surface area contributed by atoms with Crippen LogP contribution in [0.3, 0.4) is 0 Å². The van der Waals surface area contributed by atoms with Crippen LogP contribution >= 0.6 is 0 Å².